The fourth-order valence-electron chi connectivity index (χ4n) is 4.94. The van der Waals surface area contributed by atoms with E-state index in [1.54, 1.807) is 0 Å². The number of nitrogens with one attached hydrogen (secondary N) is 2. The van der Waals surface area contributed by atoms with Crippen molar-refractivity contribution in [2.45, 2.75) is 57.9 Å². The molecule has 0 atom stereocenters. The molecule has 0 heterocycles. The van der Waals surface area contributed by atoms with Crippen LogP contribution in [0.4, 0.5) is 0 Å². The molecule has 112 valence electrons. The van der Waals surface area contributed by atoms with Crippen molar-refractivity contribution in [2.24, 2.45) is 23.7 Å². The molecule has 20 heavy (non-hydrogen) atoms. The molecule has 0 saturated heterocycles. The maximum Gasteiger partial charge on any atom is 0.309 e. The Labute approximate surface area is 121 Å². The molecule has 2 N–H and O–H groups in total. The summed E-state index contributed by atoms with van der Waals surface area (Å²) < 4.78 is 0. The predicted octanol–water partition coefficient (Wildman–Crippen LogP) is 1.84. The minimum absolute atomic E-state index is 0.0684. The van der Waals surface area contributed by atoms with Gasteiger partial charge in [0.1, 0.15) is 0 Å². The van der Waals surface area contributed by atoms with Crippen LogP contribution in [0.3, 0.4) is 0 Å². The second-order valence-corrected chi connectivity index (χ2v) is 7.76. The van der Waals surface area contributed by atoms with E-state index in [-0.39, 0.29) is 5.54 Å². The van der Waals surface area contributed by atoms with Crippen molar-refractivity contribution in [3.05, 3.63) is 0 Å². The summed E-state index contributed by atoms with van der Waals surface area (Å²) in [5, 5.41) is 5.81. The van der Waals surface area contributed by atoms with Crippen molar-refractivity contribution in [3.63, 3.8) is 0 Å². The topological polar surface area (TPSA) is 58.2 Å². The fraction of sp³-hybridized carbons (Fsp3) is 0.875. The van der Waals surface area contributed by atoms with E-state index in [4.69, 9.17) is 0 Å². The van der Waals surface area contributed by atoms with Crippen LogP contribution in [0.1, 0.15) is 52.4 Å². The van der Waals surface area contributed by atoms with Gasteiger partial charge >= 0.3 is 11.8 Å². The Morgan fingerprint density at radius 2 is 1.50 bits per heavy atom. The van der Waals surface area contributed by atoms with Gasteiger partial charge in [-0.15, -0.1) is 0 Å². The van der Waals surface area contributed by atoms with Gasteiger partial charge in [-0.1, -0.05) is 13.8 Å². The van der Waals surface area contributed by atoms with Crippen molar-refractivity contribution in [1.82, 2.24) is 10.6 Å². The van der Waals surface area contributed by atoms with Gasteiger partial charge in [0.25, 0.3) is 0 Å². The third kappa shape index (κ3) is 2.70. The standard InChI is InChI=1S/C16H26N2O2/c1-10(2)9-17-14(19)15(20)18-16-6-11-3-12(7-16)5-13(4-11)8-16/h10-13H,3-9H2,1-2H3,(H,17,19)(H,18,20). The van der Waals surface area contributed by atoms with E-state index in [1.807, 2.05) is 13.8 Å². The SMILES string of the molecule is CC(C)CNC(=O)C(=O)NC12CC3CC(CC(C3)C1)C2. The third-order valence-electron chi connectivity index (χ3n) is 5.29. The lowest BCUT2D eigenvalue weighted by Gasteiger charge is -2.56. The molecule has 0 aromatic carbocycles. The highest BCUT2D eigenvalue weighted by Crippen LogP contribution is 2.55. The summed E-state index contributed by atoms with van der Waals surface area (Å²) in [6.07, 6.45) is 7.28. The number of hydrogen-bond acceptors (Lipinski definition) is 2. The molecule has 0 spiro atoms. The highest BCUT2D eigenvalue weighted by atomic mass is 16.2. The van der Waals surface area contributed by atoms with Crippen LogP contribution in [0, 0.1) is 23.7 Å². The predicted molar refractivity (Wildman–Crippen MR) is 76.9 cm³/mol. The number of carbonyl (C=O) groups excluding carboxylic acids is 2. The zero-order valence-corrected chi connectivity index (χ0v) is 12.6. The zero-order valence-electron chi connectivity index (χ0n) is 12.6. The molecule has 4 saturated carbocycles. The van der Waals surface area contributed by atoms with Gasteiger partial charge < -0.3 is 10.6 Å². The molecule has 4 heteroatoms. The maximum atomic E-state index is 12.1. The van der Waals surface area contributed by atoms with Gasteiger partial charge in [0, 0.05) is 12.1 Å². The Morgan fingerprint density at radius 1 is 1.00 bits per heavy atom. The van der Waals surface area contributed by atoms with Crippen molar-refractivity contribution in [2.75, 3.05) is 6.54 Å². The maximum absolute atomic E-state index is 12.1. The van der Waals surface area contributed by atoms with Gasteiger partial charge in [0.05, 0.1) is 0 Å². The Balaban J connectivity index is 1.60. The van der Waals surface area contributed by atoms with Crippen LogP contribution < -0.4 is 10.6 Å². The molecule has 4 aliphatic carbocycles. The van der Waals surface area contributed by atoms with E-state index >= 15 is 0 Å². The van der Waals surface area contributed by atoms with Gasteiger partial charge in [-0.25, -0.2) is 0 Å². The third-order valence-corrected chi connectivity index (χ3v) is 5.29. The Bertz CT molecular complexity index is 381. The van der Waals surface area contributed by atoms with Gasteiger partial charge in [0.15, 0.2) is 0 Å². The van der Waals surface area contributed by atoms with E-state index in [2.05, 4.69) is 10.6 Å². The van der Waals surface area contributed by atoms with Crippen LogP contribution in [0.2, 0.25) is 0 Å². The molecule has 4 nitrogen and oxygen atoms in total. The number of amides is 2. The normalized spacial score (nSPS) is 38.0. The Kier molecular flexibility index (Phi) is 3.51. The fourth-order valence-corrected chi connectivity index (χ4v) is 4.94. The first-order chi connectivity index (χ1) is 9.46. The van der Waals surface area contributed by atoms with Crippen molar-refractivity contribution < 1.29 is 9.59 Å². The largest absolute Gasteiger partial charge is 0.348 e. The summed E-state index contributed by atoms with van der Waals surface area (Å²) in [5.41, 5.74) is -0.0684. The van der Waals surface area contributed by atoms with Crippen LogP contribution >= 0.6 is 0 Å². The average Bonchev–Trinajstić information content (AvgIpc) is 2.33. The molecule has 0 radical (unpaired) electrons. The molecule has 0 aromatic rings. The van der Waals surface area contributed by atoms with E-state index in [9.17, 15) is 9.59 Å². The van der Waals surface area contributed by atoms with E-state index in [0.29, 0.717) is 12.5 Å². The first-order valence-electron chi connectivity index (χ1n) is 8.06. The monoisotopic (exact) mass is 278 g/mol. The summed E-state index contributed by atoms with van der Waals surface area (Å²) in [4.78, 5) is 24.0. The lowest BCUT2D eigenvalue weighted by atomic mass is 9.53. The van der Waals surface area contributed by atoms with E-state index in [0.717, 1.165) is 37.0 Å². The van der Waals surface area contributed by atoms with Crippen molar-refractivity contribution >= 4 is 11.8 Å². The molecule has 4 aliphatic rings. The number of carbonyl (C=O) groups is 2. The van der Waals surface area contributed by atoms with Crippen LogP contribution in [0.25, 0.3) is 0 Å². The second-order valence-electron chi connectivity index (χ2n) is 7.76. The van der Waals surface area contributed by atoms with Crippen LogP contribution in [0.15, 0.2) is 0 Å². The lowest BCUT2D eigenvalue weighted by molar-refractivity contribution is -0.142. The van der Waals surface area contributed by atoms with Crippen LogP contribution in [-0.4, -0.2) is 23.9 Å². The summed E-state index contributed by atoms with van der Waals surface area (Å²) in [6.45, 7) is 4.61. The number of hydrogen-bond donors (Lipinski definition) is 2. The van der Waals surface area contributed by atoms with Crippen molar-refractivity contribution in [3.8, 4) is 0 Å². The highest BCUT2D eigenvalue weighted by molar-refractivity contribution is 6.35. The molecular formula is C16H26N2O2. The summed E-state index contributed by atoms with van der Waals surface area (Å²) in [5.74, 6) is 1.81. The van der Waals surface area contributed by atoms with Gasteiger partial charge in [-0.2, -0.15) is 0 Å². The van der Waals surface area contributed by atoms with Crippen molar-refractivity contribution in [1.29, 1.82) is 0 Å². The van der Waals surface area contributed by atoms with E-state index in [1.165, 1.54) is 19.3 Å². The van der Waals surface area contributed by atoms with Gasteiger partial charge in [-0.05, 0) is 62.2 Å². The average molecular weight is 278 g/mol. The smallest absolute Gasteiger partial charge is 0.309 e. The van der Waals surface area contributed by atoms with Gasteiger partial charge in [0.2, 0.25) is 0 Å². The number of rotatable bonds is 3. The molecule has 0 aromatic heterocycles. The first-order valence-corrected chi connectivity index (χ1v) is 8.06. The summed E-state index contributed by atoms with van der Waals surface area (Å²) in [7, 11) is 0. The van der Waals surface area contributed by atoms with Crippen LogP contribution in [-0.2, 0) is 9.59 Å². The van der Waals surface area contributed by atoms with Crippen LogP contribution in [0.5, 0.6) is 0 Å². The summed E-state index contributed by atoms with van der Waals surface area (Å²) >= 11 is 0. The minimum Gasteiger partial charge on any atom is -0.348 e. The zero-order chi connectivity index (χ0) is 14.3. The van der Waals surface area contributed by atoms with E-state index < -0.39 is 11.8 Å². The molecule has 2 amide bonds. The van der Waals surface area contributed by atoms with Gasteiger partial charge in [-0.3, -0.25) is 9.59 Å². The second kappa shape index (κ2) is 5.05. The quantitative estimate of drug-likeness (QED) is 0.774. The molecule has 4 fully saturated rings. The summed E-state index contributed by atoms with van der Waals surface area (Å²) in [6, 6.07) is 0. The highest BCUT2D eigenvalue weighted by Gasteiger charge is 2.51. The molecule has 4 rings (SSSR count). The first kappa shape index (κ1) is 13.9. The molecule has 0 unspecified atom stereocenters. The molecular weight excluding hydrogens is 252 g/mol. The minimum atomic E-state index is -0.463. The Hall–Kier alpha value is -1.06. The molecule has 4 bridgehead atoms. The Morgan fingerprint density at radius 3 is 1.95 bits per heavy atom. The molecule has 0 aliphatic heterocycles. The lowest BCUT2D eigenvalue weighted by Crippen LogP contribution is -2.61.